The van der Waals surface area contributed by atoms with E-state index in [-0.39, 0.29) is 66.7 Å². The van der Waals surface area contributed by atoms with E-state index in [4.69, 9.17) is 0 Å². The van der Waals surface area contributed by atoms with Crippen LogP contribution in [0.5, 0.6) is 0 Å². The Morgan fingerprint density at radius 1 is 0.600 bits per heavy atom. The molecule has 24 valence electrons. The van der Waals surface area contributed by atoms with Gasteiger partial charge in [-0.25, -0.2) is 0 Å². The quantitative estimate of drug-likeness (QED) is 0.539. The van der Waals surface area contributed by atoms with Gasteiger partial charge in [0.2, 0.25) is 0 Å². The first-order valence-corrected chi connectivity index (χ1v) is 0. The van der Waals surface area contributed by atoms with Crippen LogP contribution in [0.3, 0.4) is 0 Å². The van der Waals surface area contributed by atoms with Gasteiger partial charge < -0.3 is 18.5 Å². The molecule has 0 saturated heterocycles. The van der Waals surface area contributed by atoms with Crippen molar-refractivity contribution in [3.05, 3.63) is 18.5 Å². The van der Waals surface area contributed by atoms with E-state index in [2.05, 4.69) is 0 Å². The molecule has 0 atom stereocenters. The van der Waals surface area contributed by atoms with Gasteiger partial charge >= 0.3 is 48.2 Å². The average molecular weight is 401 g/mol. The fraction of sp³-hybridized carbons (Fsp3) is 0. The van der Waals surface area contributed by atoms with E-state index < -0.39 is 0 Å². The Morgan fingerprint density at radius 3 is 0.600 bits per heavy atom. The second kappa shape index (κ2) is 49.8. The fourth-order valence-electron chi connectivity index (χ4n) is 0. The zero-order valence-corrected chi connectivity index (χ0v) is 9.09. The van der Waals surface area contributed by atoms with Crippen molar-refractivity contribution >= 4 is 0 Å². The molecule has 0 aromatic heterocycles. The third-order valence-corrected chi connectivity index (χ3v) is 0. The number of hydrogen-bond acceptors (Lipinski definition) is 0. The van der Waals surface area contributed by atoms with Gasteiger partial charge in [0.1, 0.15) is 0 Å². The maximum absolute atomic E-state index is 0. The summed E-state index contributed by atoms with van der Waals surface area (Å²) in [6.07, 6.45) is 0. The maximum atomic E-state index is 0. The first-order chi connectivity index (χ1) is 0. The van der Waals surface area contributed by atoms with Crippen molar-refractivity contribution in [3.63, 3.8) is 0 Å². The van der Waals surface area contributed by atoms with Crippen LogP contribution in [0.1, 0.15) is 0 Å². The average Bonchev–Trinajstić information content (AvgIpc) is 0. The third-order valence-electron chi connectivity index (χ3n) is 0. The molecule has 0 aliphatic rings. The van der Waals surface area contributed by atoms with Crippen LogP contribution in [0.15, 0.2) is 0 Å². The fourth-order valence-corrected chi connectivity index (χ4v) is 0. The normalized spacial score (nSPS) is 0. The Labute approximate surface area is 66.3 Å². The van der Waals surface area contributed by atoms with Crippen molar-refractivity contribution in [1.29, 1.82) is 0 Å². The van der Waals surface area contributed by atoms with E-state index >= 15 is 0 Å². The zero-order valence-electron chi connectivity index (χ0n) is 2.29. The summed E-state index contributed by atoms with van der Waals surface area (Å²) in [6, 6.07) is 0. The van der Waals surface area contributed by atoms with Gasteiger partial charge in [-0.05, 0) is 0 Å². The van der Waals surface area contributed by atoms with Crippen LogP contribution in [0.4, 0.5) is 0 Å². The van der Waals surface area contributed by atoms with Crippen LogP contribution in [-0.4, -0.2) is 0 Å². The van der Waals surface area contributed by atoms with E-state index in [9.17, 15) is 0 Å². The van der Waals surface area contributed by atoms with Crippen LogP contribution >= 0.6 is 0 Å². The second-order valence-corrected chi connectivity index (χ2v) is 0. The van der Waals surface area contributed by atoms with E-state index in [1.54, 1.807) is 0 Å². The van der Waals surface area contributed by atoms with E-state index in [1.807, 2.05) is 0 Å². The van der Waals surface area contributed by atoms with Crippen molar-refractivity contribution in [2.24, 2.45) is 0 Å². The standard InChI is InChI=1S/Hf.3N.Ta/q+4;3*-3;+5. The molecule has 0 bridgehead atoms. The third kappa shape index (κ3) is 30.1. The van der Waals surface area contributed by atoms with Crippen LogP contribution < -0.4 is 0 Å². The van der Waals surface area contributed by atoms with Crippen molar-refractivity contribution in [3.8, 4) is 0 Å². The molecule has 0 radical (unpaired) electrons. The van der Waals surface area contributed by atoms with E-state index in [1.165, 1.54) is 0 Å². The molecule has 0 aliphatic carbocycles. The zero-order chi connectivity index (χ0) is 0. The molecule has 0 aliphatic heterocycles. The molecule has 0 rings (SSSR count). The minimum Gasteiger partial charge on any atom is -3.00 e. The van der Waals surface area contributed by atoms with Crippen LogP contribution in [-0.2, 0) is 48.2 Å². The Kier molecular flexibility index (Phi) is 878. The molecule has 0 N–H and O–H groups in total. The van der Waals surface area contributed by atoms with Gasteiger partial charge in [-0.2, -0.15) is 0 Å². The second-order valence-electron chi connectivity index (χ2n) is 0. The minimum atomic E-state index is 0. The molecule has 0 heterocycles. The van der Waals surface area contributed by atoms with Gasteiger partial charge in [-0.15, -0.1) is 0 Å². The summed E-state index contributed by atoms with van der Waals surface area (Å²) in [6.45, 7) is 0. The van der Waals surface area contributed by atoms with Gasteiger partial charge in [0, 0.05) is 0 Å². The Hall–Kier alpha value is 1.49. The van der Waals surface area contributed by atoms with Crippen LogP contribution in [0, 0.1) is 0 Å². The van der Waals surface area contributed by atoms with Crippen molar-refractivity contribution in [2.45, 2.75) is 0 Å². The van der Waals surface area contributed by atoms with E-state index in [0.717, 1.165) is 0 Å². The minimum absolute atomic E-state index is 0. The monoisotopic (exact) mass is 403 g/mol. The summed E-state index contributed by atoms with van der Waals surface area (Å²) in [5, 5.41) is 0. The predicted molar refractivity (Wildman–Crippen MR) is 10.1 cm³/mol. The first-order valence-electron chi connectivity index (χ1n) is 0. The van der Waals surface area contributed by atoms with Gasteiger partial charge in [0.05, 0.1) is 0 Å². The summed E-state index contributed by atoms with van der Waals surface area (Å²) in [5.41, 5.74) is 0. The Balaban J connectivity index is 0. The van der Waals surface area contributed by atoms with Gasteiger partial charge in [0.15, 0.2) is 0 Å². The first kappa shape index (κ1) is 88.1. The SMILES string of the molecule is [Hf+4].[N-3].[N-3].[N-3].[Ta+5]. The smallest absolute Gasteiger partial charge is 3.00 e. The Morgan fingerprint density at radius 2 is 0.600 bits per heavy atom. The molecule has 3 nitrogen and oxygen atoms in total. The van der Waals surface area contributed by atoms with Crippen molar-refractivity contribution < 1.29 is 48.2 Å². The predicted octanol–water partition coefficient (Wildman–Crippen LogP) is 0.861. The molecule has 0 spiro atoms. The maximum Gasteiger partial charge on any atom is 5.00 e. The summed E-state index contributed by atoms with van der Waals surface area (Å²) >= 11 is 0. The molecule has 0 amide bonds. The summed E-state index contributed by atoms with van der Waals surface area (Å²) in [5.74, 6) is 0. The van der Waals surface area contributed by atoms with Gasteiger partial charge in [0.25, 0.3) is 0 Å². The largest absolute Gasteiger partial charge is 5.00 e. The molecule has 0 fully saturated rings. The van der Waals surface area contributed by atoms with Crippen LogP contribution in [0.2, 0.25) is 0 Å². The van der Waals surface area contributed by atoms with Crippen molar-refractivity contribution in [1.82, 2.24) is 0 Å². The van der Waals surface area contributed by atoms with Gasteiger partial charge in [-0.3, -0.25) is 0 Å². The van der Waals surface area contributed by atoms with Crippen LogP contribution in [0.25, 0.3) is 18.5 Å². The molecule has 0 aromatic rings. The molecular formula is HfN3Ta. The van der Waals surface area contributed by atoms with E-state index in [0.29, 0.717) is 0 Å². The molecule has 5 heteroatoms. The molecule has 0 aromatic carbocycles. The number of hydrogen-bond donors (Lipinski definition) is 0. The molecule has 0 unspecified atom stereocenters. The molecular weight excluding hydrogens is 401 g/mol. The summed E-state index contributed by atoms with van der Waals surface area (Å²) in [7, 11) is 0. The topological polar surface area (TPSA) is 91.5 Å². The van der Waals surface area contributed by atoms with Gasteiger partial charge in [-0.1, -0.05) is 0 Å². The van der Waals surface area contributed by atoms with Crippen molar-refractivity contribution in [2.75, 3.05) is 0 Å². The summed E-state index contributed by atoms with van der Waals surface area (Å²) < 4.78 is 0. The number of rotatable bonds is 0. The molecule has 5 heavy (non-hydrogen) atoms. The number of nitrogens with zero attached hydrogens (tertiary/aromatic N) is 3. The molecule has 0 saturated carbocycles. The summed E-state index contributed by atoms with van der Waals surface area (Å²) in [4.78, 5) is 0. The Bertz CT molecular complexity index is 6.85.